The molecule has 0 saturated carbocycles. The van der Waals surface area contributed by atoms with Gasteiger partial charge in [0.15, 0.2) is 0 Å². The van der Waals surface area contributed by atoms with Crippen molar-refractivity contribution in [2.24, 2.45) is 0 Å². The summed E-state index contributed by atoms with van der Waals surface area (Å²) in [5, 5.41) is 9.40. The monoisotopic (exact) mass is 354 g/mol. The molecule has 1 N–H and O–H groups in total. The number of rotatable bonds is 13. The van der Waals surface area contributed by atoms with Gasteiger partial charge in [-0.2, -0.15) is 0 Å². The number of benzene rings is 2. The quantitative estimate of drug-likeness (QED) is 0.381. The highest BCUT2D eigenvalue weighted by molar-refractivity contribution is 5.65. The first-order valence-electron chi connectivity index (χ1n) is 10.3. The van der Waals surface area contributed by atoms with Crippen molar-refractivity contribution in [1.29, 1.82) is 0 Å². The maximum absolute atomic E-state index is 9.40. The smallest absolute Gasteiger partial charge is 0.119 e. The van der Waals surface area contributed by atoms with Gasteiger partial charge in [-0.1, -0.05) is 89.0 Å². The van der Waals surface area contributed by atoms with E-state index in [-0.39, 0.29) is 0 Å². The fourth-order valence-corrected chi connectivity index (χ4v) is 3.20. The van der Waals surface area contributed by atoms with E-state index in [1.165, 1.54) is 57.8 Å². The molecule has 0 aromatic heterocycles. The van der Waals surface area contributed by atoms with Crippen LogP contribution < -0.4 is 4.74 Å². The number of phenolic OH excluding ortho intramolecular Hbond substituents is 1. The summed E-state index contributed by atoms with van der Waals surface area (Å²) in [5.41, 5.74) is 2.21. The lowest BCUT2D eigenvalue weighted by atomic mass is 10.1. The lowest BCUT2D eigenvalue weighted by molar-refractivity contribution is 0.304. The van der Waals surface area contributed by atoms with Crippen molar-refractivity contribution < 1.29 is 9.84 Å². The van der Waals surface area contributed by atoms with E-state index in [1.807, 2.05) is 24.3 Å². The van der Waals surface area contributed by atoms with Gasteiger partial charge < -0.3 is 9.84 Å². The minimum atomic E-state index is 0.294. The van der Waals surface area contributed by atoms with E-state index in [9.17, 15) is 5.11 Å². The van der Waals surface area contributed by atoms with Gasteiger partial charge in [0.2, 0.25) is 0 Å². The number of aromatic hydroxyl groups is 1. The maximum Gasteiger partial charge on any atom is 0.119 e. The standard InChI is InChI=1S/C24H34O2/c1-2-3-4-5-6-7-8-9-10-11-19-26-24-14-12-13-22(20-24)21-15-17-23(25)18-16-21/h12-18,20,25H,2-11,19H2,1H3. The van der Waals surface area contributed by atoms with Crippen molar-refractivity contribution in [1.82, 2.24) is 0 Å². The van der Waals surface area contributed by atoms with E-state index in [2.05, 4.69) is 19.1 Å². The van der Waals surface area contributed by atoms with Crippen molar-refractivity contribution in [3.63, 3.8) is 0 Å². The van der Waals surface area contributed by atoms with Gasteiger partial charge in [-0.25, -0.2) is 0 Å². The van der Waals surface area contributed by atoms with Gasteiger partial charge >= 0.3 is 0 Å². The molecule has 2 heteroatoms. The Morgan fingerprint density at radius 1 is 0.692 bits per heavy atom. The molecular weight excluding hydrogens is 320 g/mol. The summed E-state index contributed by atoms with van der Waals surface area (Å²) in [7, 11) is 0. The number of ether oxygens (including phenoxy) is 1. The fraction of sp³-hybridized carbons (Fsp3) is 0.500. The second kappa shape index (κ2) is 12.4. The predicted molar refractivity (Wildman–Crippen MR) is 111 cm³/mol. The lowest BCUT2D eigenvalue weighted by Gasteiger charge is -2.08. The summed E-state index contributed by atoms with van der Waals surface area (Å²) in [5.74, 6) is 1.22. The fourth-order valence-electron chi connectivity index (χ4n) is 3.20. The zero-order chi connectivity index (χ0) is 18.5. The number of hydrogen-bond acceptors (Lipinski definition) is 2. The summed E-state index contributed by atoms with van der Waals surface area (Å²) >= 11 is 0. The molecule has 0 saturated heterocycles. The highest BCUT2D eigenvalue weighted by Crippen LogP contribution is 2.25. The van der Waals surface area contributed by atoms with Gasteiger partial charge in [0, 0.05) is 0 Å². The van der Waals surface area contributed by atoms with E-state index >= 15 is 0 Å². The van der Waals surface area contributed by atoms with E-state index in [0.717, 1.165) is 29.9 Å². The van der Waals surface area contributed by atoms with Crippen LogP contribution in [0.3, 0.4) is 0 Å². The van der Waals surface area contributed by atoms with Crippen molar-refractivity contribution >= 4 is 0 Å². The summed E-state index contributed by atoms with van der Waals surface area (Å²) in [6.07, 6.45) is 13.4. The van der Waals surface area contributed by atoms with Gasteiger partial charge in [0.1, 0.15) is 11.5 Å². The first-order valence-corrected chi connectivity index (χ1v) is 10.3. The van der Waals surface area contributed by atoms with Crippen LogP contribution >= 0.6 is 0 Å². The third-order valence-electron chi connectivity index (χ3n) is 4.80. The van der Waals surface area contributed by atoms with E-state index < -0.39 is 0 Å². The normalized spacial score (nSPS) is 10.8. The topological polar surface area (TPSA) is 29.5 Å². The van der Waals surface area contributed by atoms with Crippen LogP contribution in [0.15, 0.2) is 48.5 Å². The molecular formula is C24H34O2. The van der Waals surface area contributed by atoms with Crippen LogP contribution in [-0.2, 0) is 0 Å². The Kier molecular flexibility index (Phi) is 9.71. The Bertz CT molecular complexity index is 604. The molecule has 0 heterocycles. The second-order valence-corrected chi connectivity index (χ2v) is 7.11. The van der Waals surface area contributed by atoms with Crippen molar-refractivity contribution in [3.8, 4) is 22.6 Å². The Hall–Kier alpha value is -1.96. The lowest BCUT2D eigenvalue weighted by Crippen LogP contribution is -1.97. The SMILES string of the molecule is CCCCCCCCCCCCOc1cccc(-c2ccc(O)cc2)c1. The van der Waals surface area contributed by atoms with E-state index in [0.29, 0.717) is 5.75 Å². The van der Waals surface area contributed by atoms with Gasteiger partial charge in [0.25, 0.3) is 0 Å². The third kappa shape index (κ3) is 7.95. The third-order valence-corrected chi connectivity index (χ3v) is 4.80. The summed E-state index contributed by atoms with van der Waals surface area (Å²) in [4.78, 5) is 0. The molecule has 142 valence electrons. The second-order valence-electron chi connectivity index (χ2n) is 7.11. The predicted octanol–water partition coefficient (Wildman–Crippen LogP) is 7.36. The van der Waals surface area contributed by atoms with E-state index in [1.54, 1.807) is 12.1 Å². The Morgan fingerprint density at radius 2 is 1.31 bits per heavy atom. The summed E-state index contributed by atoms with van der Waals surface area (Å²) in [6, 6.07) is 15.5. The molecule has 0 aliphatic rings. The first kappa shape index (κ1) is 20.4. The average molecular weight is 355 g/mol. The molecule has 2 rings (SSSR count). The number of unbranched alkanes of at least 4 members (excludes halogenated alkanes) is 9. The van der Waals surface area contributed by atoms with Gasteiger partial charge in [-0.05, 0) is 41.8 Å². The number of hydrogen-bond donors (Lipinski definition) is 1. The highest BCUT2D eigenvalue weighted by atomic mass is 16.5. The molecule has 0 atom stereocenters. The minimum Gasteiger partial charge on any atom is -0.508 e. The molecule has 0 spiro atoms. The largest absolute Gasteiger partial charge is 0.508 e. The molecule has 0 fully saturated rings. The first-order chi connectivity index (χ1) is 12.8. The zero-order valence-electron chi connectivity index (χ0n) is 16.3. The molecule has 26 heavy (non-hydrogen) atoms. The molecule has 0 amide bonds. The van der Waals surface area contributed by atoms with Crippen LogP contribution in [0.4, 0.5) is 0 Å². The molecule has 2 nitrogen and oxygen atoms in total. The highest BCUT2D eigenvalue weighted by Gasteiger charge is 2.01. The Morgan fingerprint density at radius 3 is 1.96 bits per heavy atom. The minimum absolute atomic E-state index is 0.294. The van der Waals surface area contributed by atoms with Crippen LogP contribution in [0.5, 0.6) is 11.5 Å². The van der Waals surface area contributed by atoms with Crippen LogP contribution in [0.2, 0.25) is 0 Å². The molecule has 0 radical (unpaired) electrons. The zero-order valence-corrected chi connectivity index (χ0v) is 16.3. The van der Waals surface area contributed by atoms with Gasteiger partial charge in [-0.3, -0.25) is 0 Å². The van der Waals surface area contributed by atoms with Crippen LogP contribution in [0, 0.1) is 0 Å². The molecule has 2 aromatic rings. The van der Waals surface area contributed by atoms with Crippen LogP contribution in [-0.4, -0.2) is 11.7 Å². The average Bonchev–Trinajstić information content (AvgIpc) is 2.67. The van der Waals surface area contributed by atoms with Crippen molar-refractivity contribution in [2.45, 2.75) is 71.1 Å². The molecule has 0 aliphatic carbocycles. The molecule has 2 aromatic carbocycles. The van der Waals surface area contributed by atoms with E-state index in [4.69, 9.17) is 4.74 Å². The maximum atomic E-state index is 9.40. The Labute approximate surface area is 159 Å². The van der Waals surface area contributed by atoms with Gasteiger partial charge in [0.05, 0.1) is 6.61 Å². The van der Waals surface area contributed by atoms with Crippen LogP contribution in [0.25, 0.3) is 11.1 Å². The molecule has 0 unspecified atom stereocenters. The summed E-state index contributed by atoms with van der Waals surface area (Å²) in [6.45, 7) is 3.06. The van der Waals surface area contributed by atoms with Crippen molar-refractivity contribution in [2.75, 3.05) is 6.61 Å². The molecule has 0 bridgehead atoms. The molecule has 0 aliphatic heterocycles. The summed E-state index contributed by atoms with van der Waals surface area (Å²) < 4.78 is 5.91. The number of phenols is 1. The Balaban J connectivity index is 1.58. The van der Waals surface area contributed by atoms with Crippen molar-refractivity contribution in [3.05, 3.63) is 48.5 Å². The van der Waals surface area contributed by atoms with Gasteiger partial charge in [-0.15, -0.1) is 0 Å². The van der Waals surface area contributed by atoms with Crippen LogP contribution in [0.1, 0.15) is 71.1 Å².